The van der Waals surface area contributed by atoms with Crippen molar-refractivity contribution in [3.63, 3.8) is 0 Å². The van der Waals surface area contributed by atoms with Gasteiger partial charge < -0.3 is 74.2 Å². The molecule has 0 radical (unpaired) electrons. The number of nitrogens with one attached hydrogen (secondary N) is 9. The van der Waals surface area contributed by atoms with Crippen molar-refractivity contribution in [2.24, 2.45) is 35.0 Å². The number of hydrogen-bond donors (Lipinski definition) is 13. The molecule has 0 bridgehead atoms. The number of guanidine groups is 2. The van der Waals surface area contributed by atoms with Crippen LogP contribution in [0.15, 0.2) is 0 Å². The fourth-order valence-corrected chi connectivity index (χ4v) is 8.69. The molecular formula is C44H77N15O10. The van der Waals surface area contributed by atoms with Crippen molar-refractivity contribution in [1.29, 1.82) is 10.8 Å². The molecule has 0 aromatic heterocycles. The highest BCUT2D eigenvalue weighted by Gasteiger charge is 2.44. The highest BCUT2D eigenvalue weighted by molar-refractivity contribution is 5.98. The second-order valence-corrected chi connectivity index (χ2v) is 19.0. The van der Waals surface area contributed by atoms with Crippen LogP contribution in [0.4, 0.5) is 0 Å². The molecule has 0 aromatic rings. The van der Waals surface area contributed by atoms with Gasteiger partial charge in [-0.05, 0) is 82.0 Å². The summed E-state index contributed by atoms with van der Waals surface area (Å²) in [6.45, 7) is 10.7. The highest BCUT2D eigenvalue weighted by Crippen LogP contribution is 2.25. The van der Waals surface area contributed by atoms with Gasteiger partial charge in [0, 0.05) is 32.7 Å². The number of carbonyl (C=O) groups is 9. The molecule has 8 amide bonds. The summed E-state index contributed by atoms with van der Waals surface area (Å²) in [7, 11) is 0. The minimum atomic E-state index is -1.23. The number of nitrogens with two attached hydrogens (primary N) is 3. The third-order valence-electron chi connectivity index (χ3n) is 12.6. The predicted octanol–water partition coefficient (Wildman–Crippen LogP) is -3.08. The summed E-state index contributed by atoms with van der Waals surface area (Å²) in [5, 5.41) is 43.1. The molecule has 3 saturated heterocycles. The summed E-state index contributed by atoms with van der Waals surface area (Å²) in [4.78, 5) is 126. The van der Waals surface area contributed by atoms with Crippen LogP contribution in [0.2, 0.25) is 0 Å². The van der Waals surface area contributed by atoms with E-state index in [0.717, 1.165) is 0 Å². The van der Waals surface area contributed by atoms with Gasteiger partial charge in [-0.1, -0.05) is 41.5 Å². The molecule has 0 aliphatic carbocycles. The first-order valence-corrected chi connectivity index (χ1v) is 24.0. The van der Waals surface area contributed by atoms with E-state index in [2.05, 4.69) is 37.2 Å². The van der Waals surface area contributed by atoms with Gasteiger partial charge in [-0.3, -0.25) is 49.2 Å². The summed E-state index contributed by atoms with van der Waals surface area (Å²) < 4.78 is 0. The first-order valence-electron chi connectivity index (χ1n) is 24.0. The third-order valence-corrected chi connectivity index (χ3v) is 12.6. The molecule has 0 aromatic carbocycles. The molecule has 16 N–H and O–H groups in total. The second kappa shape index (κ2) is 27.1. The van der Waals surface area contributed by atoms with Crippen LogP contribution in [0, 0.1) is 28.6 Å². The van der Waals surface area contributed by atoms with E-state index in [1.807, 2.05) is 0 Å². The predicted molar refractivity (Wildman–Crippen MR) is 253 cm³/mol. The van der Waals surface area contributed by atoms with Crippen LogP contribution in [0.5, 0.6) is 0 Å². The zero-order valence-electron chi connectivity index (χ0n) is 40.9. The monoisotopic (exact) mass is 976 g/mol. The number of aliphatic carboxylic acids is 1. The molecule has 8 atom stereocenters. The van der Waals surface area contributed by atoms with E-state index < -0.39 is 114 Å². The lowest BCUT2D eigenvalue weighted by molar-refractivity contribution is -0.146. The Morgan fingerprint density at radius 1 is 0.565 bits per heavy atom. The Hall–Kier alpha value is -6.27. The van der Waals surface area contributed by atoms with E-state index in [-0.39, 0.29) is 95.0 Å². The number of carbonyl (C=O) groups excluding carboxylic acids is 8. The van der Waals surface area contributed by atoms with Crippen LogP contribution in [0.1, 0.15) is 106 Å². The maximum atomic E-state index is 14.5. The lowest BCUT2D eigenvalue weighted by Crippen LogP contribution is -2.60. The number of hydrogen-bond acceptors (Lipinski definition) is 12. The van der Waals surface area contributed by atoms with Gasteiger partial charge in [-0.15, -0.1) is 0 Å². The average molecular weight is 976 g/mol. The smallest absolute Gasteiger partial charge is 0.326 e. The van der Waals surface area contributed by atoms with Gasteiger partial charge in [0.25, 0.3) is 0 Å². The fraction of sp³-hybridized carbons (Fsp3) is 0.750. The first-order chi connectivity index (χ1) is 32.5. The van der Waals surface area contributed by atoms with Crippen LogP contribution in [-0.4, -0.2) is 173 Å². The van der Waals surface area contributed by atoms with Crippen molar-refractivity contribution in [3.05, 3.63) is 0 Å². The Balaban J connectivity index is 1.81. The van der Waals surface area contributed by atoms with Gasteiger partial charge in [0.05, 0.1) is 12.6 Å². The van der Waals surface area contributed by atoms with E-state index in [1.165, 1.54) is 14.7 Å². The van der Waals surface area contributed by atoms with Gasteiger partial charge in [-0.2, -0.15) is 0 Å². The maximum Gasteiger partial charge on any atom is 0.326 e. The molecule has 3 aliphatic heterocycles. The number of amides is 8. The molecule has 3 rings (SSSR count). The highest BCUT2D eigenvalue weighted by atomic mass is 16.4. The zero-order valence-corrected chi connectivity index (χ0v) is 40.9. The molecule has 3 heterocycles. The Morgan fingerprint density at radius 2 is 0.971 bits per heavy atom. The molecule has 0 spiro atoms. The second-order valence-electron chi connectivity index (χ2n) is 19.0. The van der Waals surface area contributed by atoms with Crippen molar-refractivity contribution < 1.29 is 48.3 Å². The molecular weight excluding hydrogens is 899 g/mol. The lowest BCUT2D eigenvalue weighted by Gasteiger charge is -2.33. The van der Waals surface area contributed by atoms with Crippen LogP contribution in [-0.2, 0) is 43.2 Å². The number of rotatable bonds is 25. The normalized spacial score (nSPS) is 20.1. The Kier molecular flexibility index (Phi) is 22.4. The van der Waals surface area contributed by atoms with Crippen molar-refractivity contribution in [1.82, 2.24) is 51.9 Å². The minimum absolute atomic E-state index is 0.0505. The molecule has 3 aliphatic rings. The quantitative estimate of drug-likeness (QED) is 0.0245. The minimum Gasteiger partial charge on any atom is -0.480 e. The SMILES string of the molecule is CC(C)C(N)C(=O)NC(C(=O)N1CCCC1C(=O)NC(CCCNC(=N)N)C(=O)N1CCCC1C(=O)NC(CCCNC(=N)N)C(=O)N1CCCC1C(=O)NCC(=O)NC(C(=O)O)C(C)C)C(C)C. The average Bonchev–Trinajstić information content (AvgIpc) is 4.09. The molecule has 0 saturated carbocycles. The van der Waals surface area contributed by atoms with E-state index >= 15 is 0 Å². The standard InChI is InChI=1S/C44H77N15O10/c1-23(2)32(45)38(64)56-33(24(3)4)41(67)59-21-11-16-30(59)37(63)54-27(13-8-18-51-44(48)49)40(66)58-20-10-15-29(58)36(62)53-26(12-7-17-50-43(46)47)39(65)57-19-9-14-28(57)35(61)52-22-31(60)55-34(25(5)6)42(68)69/h23-30,32-34H,7-22,45H2,1-6H3,(H,52,61)(H,53,62)(H,54,63)(H,55,60)(H,56,64)(H,68,69)(H4,46,47,50)(H4,48,49,51). The van der Waals surface area contributed by atoms with Gasteiger partial charge >= 0.3 is 5.97 Å². The van der Waals surface area contributed by atoms with Gasteiger partial charge in [0.15, 0.2) is 11.9 Å². The summed E-state index contributed by atoms with van der Waals surface area (Å²) >= 11 is 0. The third kappa shape index (κ3) is 16.7. The molecule has 25 heteroatoms. The number of likely N-dealkylation sites (tertiary alicyclic amines) is 3. The van der Waals surface area contributed by atoms with E-state index in [0.29, 0.717) is 25.7 Å². The summed E-state index contributed by atoms with van der Waals surface area (Å²) in [6, 6.07) is -8.40. The topological polar surface area (TPSA) is 394 Å². The van der Waals surface area contributed by atoms with Crippen molar-refractivity contribution in [3.8, 4) is 0 Å². The van der Waals surface area contributed by atoms with Crippen LogP contribution >= 0.6 is 0 Å². The molecule has 3 fully saturated rings. The van der Waals surface area contributed by atoms with Gasteiger partial charge in [0.1, 0.15) is 42.3 Å². The van der Waals surface area contributed by atoms with Crippen LogP contribution in [0.3, 0.4) is 0 Å². The zero-order chi connectivity index (χ0) is 51.7. The molecule has 25 nitrogen and oxygen atoms in total. The largest absolute Gasteiger partial charge is 0.480 e. The number of carboxylic acid groups (broad SMARTS) is 1. The Morgan fingerprint density at radius 3 is 1.35 bits per heavy atom. The summed E-state index contributed by atoms with van der Waals surface area (Å²) in [6.07, 6.45) is 2.75. The van der Waals surface area contributed by atoms with E-state index in [9.17, 15) is 48.3 Å². The van der Waals surface area contributed by atoms with Crippen molar-refractivity contribution in [2.45, 2.75) is 154 Å². The van der Waals surface area contributed by atoms with Crippen LogP contribution in [0.25, 0.3) is 0 Å². The molecule has 388 valence electrons. The maximum absolute atomic E-state index is 14.5. The fourth-order valence-electron chi connectivity index (χ4n) is 8.69. The summed E-state index contributed by atoms with van der Waals surface area (Å²) in [5.41, 5.74) is 17.0. The lowest BCUT2D eigenvalue weighted by atomic mass is 9.99. The number of nitrogens with zero attached hydrogens (tertiary/aromatic N) is 3. The Bertz CT molecular complexity index is 1880. The van der Waals surface area contributed by atoms with Crippen LogP contribution < -0.4 is 54.4 Å². The van der Waals surface area contributed by atoms with Gasteiger partial charge in [0.2, 0.25) is 47.3 Å². The molecule has 8 unspecified atom stereocenters. The molecule has 69 heavy (non-hydrogen) atoms. The first kappa shape index (κ1) is 57.1. The van der Waals surface area contributed by atoms with Crippen molar-refractivity contribution >= 4 is 65.1 Å². The van der Waals surface area contributed by atoms with E-state index in [4.69, 9.17) is 28.0 Å². The van der Waals surface area contributed by atoms with Gasteiger partial charge in [-0.25, -0.2) is 4.79 Å². The van der Waals surface area contributed by atoms with E-state index in [1.54, 1.807) is 41.5 Å². The van der Waals surface area contributed by atoms with Crippen molar-refractivity contribution in [2.75, 3.05) is 39.3 Å². The Labute approximate surface area is 403 Å². The number of carboxylic acids is 1. The summed E-state index contributed by atoms with van der Waals surface area (Å²) in [5.74, 6) is -7.50.